The van der Waals surface area contributed by atoms with Crippen molar-refractivity contribution in [2.45, 2.75) is 19.0 Å². The fourth-order valence-electron chi connectivity index (χ4n) is 3.18. The van der Waals surface area contributed by atoms with Crippen LogP contribution in [0.1, 0.15) is 6.92 Å². The normalized spacial score (nSPS) is 25.7. The highest BCUT2D eigenvalue weighted by Crippen LogP contribution is 2.23. The molecule has 2 N–H and O–H groups in total. The Morgan fingerprint density at radius 2 is 2.09 bits per heavy atom. The first kappa shape index (κ1) is 15.0. The van der Waals surface area contributed by atoms with Crippen LogP contribution in [0.15, 0.2) is 29.3 Å². The van der Waals surface area contributed by atoms with Gasteiger partial charge in [0.25, 0.3) is 6.02 Å². The van der Waals surface area contributed by atoms with E-state index in [1.807, 2.05) is 12.1 Å². The number of rotatable bonds is 4. The van der Waals surface area contributed by atoms with Crippen LogP contribution in [0.25, 0.3) is 0 Å². The third-order valence-electron chi connectivity index (χ3n) is 4.32. The highest BCUT2D eigenvalue weighted by atomic mass is 16.5. The molecule has 2 unspecified atom stereocenters. The van der Waals surface area contributed by atoms with Crippen LogP contribution < -0.4 is 15.4 Å². The van der Waals surface area contributed by atoms with Gasteiger partial charge >= 0.3 is 0 Å². The fourth-order valence-corrected chi connectivity index (χ4v) is 3.18. The van der Waals surface area contributed by atoms with Crippen molar-refractivity contribution in [2.75, 3.05) is 44.8 Å². The average molecular weight is 304 g/mol. The second kappa shape index (κ2) is 6.44. The zero-order valence-corrected chi connectivity index (χ0v) is 13.2. The van der Waals surface area contributed by atoms with E-state index in [0.717, 1.165) is 31.9 Å². The van der Waals surface area contributed by atoms with E-state index in [1.54, 1.807) is 7.11 Å². The number of hydrogen-bond donors (Lipinski definition) is 1. The Morgan fingerprint density at radius 3 is 2.68 bits per heavy atom. The van der Waals surface area contributed by atoms with Gasteiger partial charge < -0.3 is 20.1 Å². The molecule has 6 nitrogen and oxygen atoms in total. The highest BCUT2D eigenvalue weighted by molar-refractivity contribution is 5.73. The van der Waals surface area contributed by atoms with Crippen molar-refractivity contribution in [2.24, 2.45) is 10.7 Å². The predicted octanol–water partition coefficient (Wildman–Crippen LogP) is 0.919. The van der Waals surface area contributed by atoms with Gasteiger partial charge in [-0.05, 0) is 31.2 Å². The molecule has 0 radical (unpaired) electrons. The number of piperazine rings is 1. The summed E-state index contributed by atoms with van der Waals surface area (Å²) in [6, 6.07) is 9.26. The van der Waals surface area contributed by atoms with Crippen molar-refractivity contribution >= 4 is 11.7 Å². The van der Waals surface area contributed by atoms with Crippen molar-refractivity contribution in [1.29, 1.82) is 0 Å². The Labute approximate surface area is 131 Å². The van der Waals surface area contributed by atoms with Gasteiger partial charge in [-0.3, -0.25) is 4.90 Å². The van der Waals surface area contributed by atoms with E-state index in [2.05, 4.69) is 33.8 Å². The Kier molecular flexibility index (Phi) is 4.38. The van der Waals surface area contributed by atoms with Crippen LogP contribution in [0.3, 0.4) is 0 Å². The number of nitrogens with zero attached hydrogens (tertiary/aromatic N) is 3. The molecule has 2 aliphatic heterocycles. The van der Waals surface area contributed by atoms with Crippen molar-refractivity contribution in [3.63, 3.8) is 0 Å². The number of amidine groups is 1. The topological polar surface area (TPSA) is 63.3 Å². The van der Waals surface area contributed by atoms with E-state index < -0.39 is 0 Å². The van der Waals surface area contributed by atoms with E-state index in [1.165, 1.54) is 5.69 Å². The summed E-state index contributed by atoms with van der Waals surface area (Å²) < 4.78 is 10.4. The lowest BCUT2D eigenvalue weighted by atomic mass is 10.1. The van der Waals surface area contributed by atoms with Crippen LogP contribution in [0.2, 0.25) is 0 Å². The summed E-state index contributed by atoms with van der Waals surface area (Å²) in [5, 5.41) is 0. The Morgan fingerprint density at radius 1 is 1.32 bits per heavy atom. The summed E-state index contributed by atoms with van der Waals surface area (Å²) in [6.07, 6.45) is 0. The van der Waals surface area contributed by atoms with Crippen molar-refractivity contribution in [1.82, 2.24) is 4.90 Å². The summed E-state index contributed by atoms with van der Waals surface area (Å²) in [6.45, 7) is 6.86. The maximum Gasteiger partial charge on any atom is 0.282 e. The van der Waals surface area contributed by atoms with E-state index in [-0.39, 0.29) is 6.04 Å². The van der Waals surface area contributed by atoms with Crippen LogP contribution >= 0.6 is 0 Å². The monoisotopic (exact) mass is 304 g/mol. The molecule has 2 atom stereocenters. The van der Waals surface area contributed by atoms with Crippen molar-refractivity contribution in [3.05, 3.63) is 24.3 Å². The summed E-state index contributed by atoms with van der Waals surface area (Å²) >= 11 is 0. The number of benzene rings is 1. The van der Waals surface area contributed by atoms with Crippen molar-refractivity contribution < 1.29 is 9.47 Å². The molecule has 0 spiro atoms. The summed E-state index contributed by atoms with van der Waals surface area (Å²) in [4.78, 5) is 9.20. The highest BCUT2D eigenvalue weighted by Gasteiger charge is 2.27. The van der Waals surface area contributed by atoms with Gasteiger partial charge in [-0.2, -0.15) is 0 Å². The third-order valence-corrected chi connectivity index (χ3v) is 4.32. The first-order chi connectivity index (χ1) is 10.7. The van der Waals surface area contributed by atoms with Crippen LogP contribution in [0.4, 0.5) is 5.69 Å². The molecular weight excluding hydrogens is 280 g/mol. The zero-order valence-electron chi connectivity index (χ0n) is 13.2. The van der Waals surface area contributed by atoms with Gasteiger partial charge in [0.1, 0.15) is 18.4 Å². The molecule has 120 valence electrons. The van der Waals surface area contributed by atoms with E-state index in [0.29, 0.717) is 18.7 Å². The summed E-state index contributed by atoms with van der Waals surface area (Å²) in [5.74, 6) is 0.895. The standard InChI is InChI=1S/C16H24N4O2/c1-12-9-19(10-13-11-22-16(17)18-13)7-8-20(12)14-3-5-15(21-2)6-4-14/h3-6,12-13H,7-11H2,1-2H3,(H2,17,18). The molecule has 1 aromatic carbocycles. The van der Waals surface area contributed by atoms with Crippen LogP contribution in [-0.2, 0) is 4.74 Å². The maximum absolute atomic E-state index is 5.57. The number of nitrogens with two attached hydrogens (primary N) is 1. The SMILES string of the molecule is COc1ccc(N2CCN(CC3COC(N)=N3)CC2C)cc1. The van der Waals surface area contributed by atoms with Gasteiger partial charge in [0.2, 0.25) is 0 Å². The maximum atomic E-state index is 5.57. The molecule has 6 heteroatoms. The van der Waals surface area contributed by atoms with E-state index in [4.69, 9.17) is 15.2 Å². The van der Waals surface area contributed by atoms with Crippen LogP contribution in [0.5, 0.6) is 5.75 Å². The lowest BCUT2D eigenvalue weighted by Gasteiger charge is -2.41. The lowest BCUT2D eigenvalue weighted by molar-refractivity contribution is 0.200. The molecule has 2 heterocycles. The fraction of sp³-hybridized carbons (Fsp3) is 0.562. The second-order valence-electron chi connectivity index (χ2n) is 5.93. The van der Waals surface area contributed by atoms with Gasteiger partial charge in [0.15, 0.2) is 0 Å². The lowest BCUT2D eigenvalue weighted by Crippen LogP contribution is -2.53. The van der Waals surface area contributed by atoms with Crippen LogP contribution in [-0.4, -0.2) is 62.9 Å². The van der Waals surface area contributed by atoms with E-state index in [9.17, 15) is 0 Å². The third kappa shape index (κ3) is 3.27. The van der Waals surface area contributed by atoms with Gasteiger partial charge in [0.05, 0.1) is 7.11 Å². The first-order valence-electron chi connectivity index (χ1n) is 7.75. The first-order valence-corrected chi connectivity index (χ1v) is 7.75. The second-order valence-corrected chi connectivity index (χ2v) is 5.93. The number of ether oxygens (including phenoxy) is 2. The molecule has 1 saturated heterocycles. The quantitative estimate of drug-likeness (QED) is 0.896. The van der Waals surface area contributed by atoms with Crippen LogP contribution in [0, 0.1) is 0 Å². The summed E-state index contributed by atoms with van der Waals surface area (Å²) in [7, 11) is 1.69. The van der Waals surface area contributed by atoms with Gasteiger partial charge in [-0.1, -0.05) is 0 Å². The largest absolute Gasteiger partial charge is 0.497 e. The molecule has 22 heavy (non-hydrogen) atoms. The minimum atomic E-state index is 0.180. The molecule has 0 saturated carbocycles. The smallest absolute Gasteiger partial charge is 0.282 e. The molecule has 2 aliphatic rings. The Balaban J connectivity index is 1.57. The Hall–Kier alpha value is -1.95. The molecular formula is C16H24N4O2. The average Bonchev–Trinajstić information content (AvgIpc) is 2.93. The Bertz CT molecular complexity index is 531. The summed E-state index contributed by atoms with van der Waals surface area (Å²) in [5.41, 5.74) is 6.82. The predicted molar refractivity (Wildman–Crippen MR) is 87.6 cm³/mol. The molecule has 1 fully saturated rings. The molecule has 0 aromatic heterocycles. The minimum absolute atomic E-state index is 0.180. The van der Waals surface area contributed by atoms with Gasteiger partial charge in [-0.15, -0.1) is 0 Å². The number of hydrogen-bond acceptors (Lipinski definition) is 6. The molecule has 0 bridgehead atoms. The molecule has 1 aromatic rings. The minimum Gasteiger partial charge on any atom is -0.497 e. The van der Waals surface area contributed by atoms with E-state index >= 15 is 0 Å². The molecule has 0 amide bonds. The van der Waals surface area contributed by atoms with Crippen molar-refractivity contribution in [3.8, 4) is 5.75 Å². The number of anilines is 1. The van der Waals surface area contributed by atoms with Gasteiger partial charge in [0, 0.05) is 37.9 Å². The molecule has 3 rings (SSSR count). The number of aliphatic imine (C=N–C) groups is 1. The zero-order chi connectivity index (χ0) is 15.5. The van der Waals surface area contributed by atoms with Gasteiger partial charge in [-0.25, -0.2) is 4.99 Å². The molecule has 0 aliphatic carbocycles. The number of methoxy groups -OCH3 is 1.